The average molecular weight is 366 g/mol. The Kier molecular flexibility index (Phi) is 4.40. The maximum atomic E-state index is 11.4. The van der Waals surface area contributed by atoms with E-state index in [4.69, 9.17) is 0 Å². The summed E-state index contributed by atoms with van der Waals surface area (Å²) in [6.45, 7) is 3.78. The van der Waals surface area contributed by atoms with Crippen LogP contribution in [0.4, 0.5) is 5.69 Å². The monoisotopic (exact) mass is 366 g/mol. The Labute approximate surface area is 117 Å². The zero-order valence-corrected chi connectivity index (χ0v) is 12.6. The van der Waals surface area contributed by atoms with Crippen LogP contribution in [0.25, 0.3) is 0 Å². The van der Waals surface area contributed by atoms with Crippen molar-refractivity contribution >= 4 is 39.4 Å². The molecule has 0 aliphatic carbocycles. The van der Waals surface area contributed by atoms with Crippen LogP contribution in [0.1, 0.15) is 0 Å². The molecule has 4 nitrogen and oxygen atoms in total. The average Bonchev–Trinajstić information content (AvgIpc) is 2.30. The first-order valence-corrected chi connectivity index (χ1v) is 7.61. The number of rotatable bonds is 2. The van der Waals surface area contributed by atoms with Crippen LogP contribution in [0, 0.1) is 3.57 Å². The maximum Gasteiger partial charge on any atom is 0.188 e. The molecule has 1 aromatic rings. The minimum Gasteiger partial charge on any atom is -0.367 e. The highest BCUT2D eigenvalue weighted by atomic mass is 127. The Morgan fingerprint density at radius 1 is 1.29 bits per heavy atom. The second kappa shape index (κ2) is 5.64. The molecular formula is C11H15IN2O2S. The largest absolute Gasteiger partial charge is 0.367 e. The molecule has 0 spiro atoms. The van der Waals surface area contributed by atoms with Crippen molar-refractivity contribution in [1.82, 2.24) is 4.90 Å². The standard InChI is InChI=1S/C11H15IN2O2S/c1-13-5-7-14(8-6-13)11-9(12)3-2-4-10(11)17(15)16/h2-4H,5-8H2,1H3,(H,15,16). The fourth-order valence-electron chi connectivity index (χ4n) is 1.97. The van der Waals surface area contributed by atoms with Gasteiger partial charge in [-0.3, -0.25) is 0 Å². The van der Waals surface area contributed by atoms with Gasteiger partial charge in [0.1, 0.15) is 0 Å². The second-order valence-corrected chi connectivity index (χ2v) is 6.23. The van der Waals surface area contributed by atoms with E-state index in [1.807, 2.05) is 12.1 Å². The van der Waals surface area contributed by atoms with Gasteiger partial charge in [-0.1, -0.05) is 6.07 Å². The van der Waals surface area contributed by atoms with Gasteiger partial charge in [-0.05, 0) is 41.8 Å². The first kappa shape index (κ1) is 13.3. The van der Waals surface area contributed by atoms with Crippen LogP contribution in [0.3, 0.4) is 0 Å². The quantitative estimate of drug-likeness (QED) is 0.638. The van der Waals surface area contributed by atoms with Gasteiger partial charge in [-0.2, -0.15) is 0 Å². The highest BCUT2D eigenvalue weighted by Crippen LogP contribution is 2.29. The summed E-state index contributed by atoms with van der Waals surface area (Å²) in [4.78, 5) is 4.98. The predicted octanol–water partition coefficient (Wildman–Crippen LogP) is 1.62. The summed E-state index contributed by atoms with van der Waals surface area (Å²) in [6.07, 6.45) is 0. The van der Waals surface area contributed by atoms with E-state index in [-0.39, 0.29) is 0 Å². The van der Waals surface area contributed by atoms with Gasteiger partial charge in [0.15, 0.2) is 11.1 Å². The van der Waals surface area contributed by atoms with Gasteiger partial charge >= 0.3 is 0 Å². The molecule has 94 valence electrons. The lowest BCUT2D eigenvalue weighted by molar-refractivity contribution is 0.312. The highest BCUT2D eigenvalue weighted by Gasteiger charge is 2.21. The summed E-state index contributed by atoms with van der Waals surface area (Å²) < 4.78 is 21.7. The molecule has 1 N–H and O–H groups in total. The van der Waals surface area contributed by atoms with Gasteiger partial charge in [0.25, 0.3) is 0 Å². The fraction of sp³-hybridized carbons (Fsp3) is 0.455. The van der Waals surface area contributed by atoms with Gasteiger partial charge in [-0.25, -0.2) is 4.21 Å². The zero-order chi connectivity index (χ0) is 12.4. The molecule has 0 aromatic heterocycles. The van der Waals surface area contributed by atoms with E-state index in [0.717, 1.165) is 35.4 Å². The molecule has 0 radical (unpaired) electrons. The number of benzene rings is 1. The van der Waals surface area contributed by atoms with Crippen molar-refractivity contribution in [3.05, 3.63) is 21.8 Å². The molecule has 1 fully saturated rings. The summed E-state index contributed by atoms with van der Waals surface area (Å²) in [6, 6.07) is 5.53. The second-order valence-electron chi connectivity index (χ2n) is 4.13. The van der Waals surface area contributed by atoms with Crippen molar-refractivity contribution in [3.8, 4) is 0 Å². The molecule has 1 saturated heterocycles. The predicted molar refractivity (Wildman–Crippen MR) is 77.9 cm³/mol. The Morgan fingerprint density at radius 3 is 2.53 bits per heavy atom. The van der Waals surface area contributed by atoms with Crippen molar-refractivity contribution < 1.29 is 8.76 Å². The van der Waals surface area contributed by atoms with E-state index in [1.54, 1.807) is 6.07 Å². The summed E-state index contributed by atoms with van der Waals surface area (Å²) >= 11 is 0.305. The SMILES string of the molecule is CN1CCN(c2c(I)cccc2S(=O)O)CC1. The van der Waals surface area contributed by atoms with Gasteiger partial charge < -0.3 is 14.4 Å². The third-order valence-electron chi connectivity index (χ3n) is 2.96. The molecule has 1 aliphatic rings. The van der Waals surface area contributed by atoms with E-state index in [9.17, 15) is 8.76 Å². The Balaban J connectivity index is 2.33. The van der Waals surface area contributed by atoms with Crippen LogP contribution in [-0.2, 0) is 11.1 Å². The lowest BCUT2D eigenvalue weighted by atomic mass is 10.2. The van der Waals surface area contributed by atoms with E-state index in [2.05, 4.69) is 39.4 Å². The number of hydrogen-bond acceptors (Lipinski definition) is 3. The molecule has 2 rings (SSSR count). The number of piperazine rings is 1. The smallest absolute Gasteiger partial charge is 0.188 e. The summed E-state index contributed by atoms with van der Waals surface area (Å²) in [5.74, 6) is 0. The number of anilines is 1. The van der Waals surface area contributed by atoms with Crippen LogP contribution < -0.4 is 4.90 Å². The molecule has 1 heterocycles. The maximum absolute atomic E-state index is 11.4. The van der Waals surface area contributed by atoms with Crippen LogP contribution in [-0.4, -0.2) is 46.9 Å². The van der Waals surface area contributed by atoms with Crippen LogP contribution in [0.2, 0.25) is 0 Å². The highest BCUT2D eigenvalue weighted by molar-refractivity contribution is 14.1. The lowest BCUT2D eigenvalue weighted by Crippen LogP contribution is -2.45. The van der Waals surface area contributed by atoms with E-state index in [0.29, 0.717) is 4.90 Å². The molecule has 1 aliphatic heterocycles. The molecule has 0 bridgehead atoms. The Bertz CT molecular complexity index is 433. The zero-order valence-electron chi connectivity index (χ0n) is 9.60. The summed E-state index contributed by atoms with van der Waals surface area (Å²) in [5, 5.41) is 0. The first-order chi connectivity index (χ1) is 8.09. The van der Waals surface area contributed by atoms with Crippen molar-refractivity contribution in [2.45, 2.75) is 4.90 Å². The fourth-order valence-corrected chi connectivity index (χ4v) is 3.60. The third-order valence-corrected chi connectivity index (χ3v) is 4.53. The van der Waals surface area contributed by atoms with E-state index >= 15 is 0 Å². The van der Waals surface area contributed by atoms with Crippen molar-refractivity contribution in [1.29, 1.82) is 0 Å². The first-order valence-electron chi connectivity index (χ1n) is 5.42. The van der Waals surface area contributed by atoms with Gasteiger partial charge in [0.2, 0.25) is 0 Å². The van der Waals surface area contributed by atoms with Crippen LogP contribution >= 0.6 is 22.6 Å². The van der Waals surface area contributed by atoms with Gasteiger partial charge in [-0.15, -0.1) is 0 Å². The summed E-state index contributed by atoms with van der Waals surface area (Å²) in [7, 11) is 2.10. The van der Waals surface area contributed by atoms with Crippen molar-refractivity contribution in [3.63, 3.8) is 0 Å². The van der Waals surface area contributed by atoms with E-state index in [1.165, 1.54) is 0 Å². The Morgan fingerprint density at radius 2 is 1.94 bits per heavy atom. The van der Waals surface area contributed by atoms with E-state index < -0.39 is 11.1 Å². The van der Waals surface area contributed by atoms with Gasteiger partial charge in [0.05, 0.1) is 10.6 Å². The van der Waals surface area contributed by atoms with Gasteiger partial charge in [0, 0.05) is 29.7 Å². The molecular weight excluding hydrogens is 351 g/mol. The number of nitrogens with zero attached hydrogens (tertiary/aromatic N) is 2. The van der Waals surface area contributed by atoms with Crippen molar-refractivity contribution in [2.75, 3.05) is 38.1 Å². The lowest BCUT2D eigenvalue weighted by Gasteiger charge is -2.35. The molecule has 1 unspecified atom stereocenters. The van der Waals surface area contributed by atoms with Crippen molar-refractivity contribution in [2.24, 2.45) is 0 Å². The number of hydrogen-bond donors (Lipinski definition) is 1. The molecule has 6 heteroatoms. The Hall–Kier alpha value is -0.180. The molecule has 0 saturated carbocycles. The molecule has 17 heavy (non-hydrogen) atoms. The number of para-hydroxylation sites is 1. The topological polar surface area (TPSA) is 43.8 Å². The molecule has 0 amide bonds. The minimum atomic E-state index is -1.92. The number of halogens is 1. The molecule has 1 atom stereocenters. The van der Waals surface area contributed by atoms with Crippen LogP contribution in [0.5, 0.6) is 0 Å². The number of likely N-dealkylation sites (N-methyl/N-ethyl adjacent to an activating group) is 1. The normalized spacial score (nSPS) is 19.4. The summed E-state index contributed by atoms with van der Waals surface area (Å²) in [5.41, 5.74) is 0.919. The molecule has 1 aromatic carbocycles. The third kappa shape index (κ3) is 2.98. The minimum absolute atomic E-state index is 0.515. The van der Waals surface area contributed by atoms with Crippen LogP contribution in [0.15, 0.2) is 23.1 Å².